The van der Waals surface area contributed by atoms with E-state index in [1.54, 1.807) is 13.1 Å². The topological polar surface area (TPSA) is 15.8 Å². The summed E-state index contributed by atoms with van der Waals surface area (Å²) in [6.07, 6.45) is 6.97. The molecule has 3 aromatic rings. The summed E-state index contributed by atoms with van der Waals surface area (Å²) >= 11 is 0. The lowest BCUT2D eigenvalue weighted by atomic mass is 9.96. The Hall–Kier alpha value is -3.20. The van der Waals surface area contributed by atoms with Gasteiger partial charge in [0.15, 0.2) is 0 Å². The summed E-state index contributed by atoms with van der Waals surface area (Å²) in [6.45, 7) is 20.3. The molecule has 3 rings (SSSR count). The van der Waals surface area contributed by atoms with E-state index in [0.29, 0.717) is 16.5 Å². The predicted molar refractivity (Wildman–Crippen MR) is 139 cm³/mol. The lowest BCUT2D eigenvalue weighted by molar-refractivity contribution is 0.571. The van der Waals surface area contributed by atoms with Gasteiger partial charge in [0.2, 0.25) is 0 Å². The van der Waals surface area contributed by atoms with Crippen LogP contribution in [-0.2, 0) is 0 Å². The number of benzene rings is 2. The molecule has 0 aliphatic carbocycles. The number of nitrogens with one attached hydrogen (secondary N) is 1. The fraction of sp³-hybridized carbons (Fsp3) is 0.267. The largest absolute Gasteiger partial charge is 0.361 e. The average Bonchev–Trinajstić information content (AvgIpc) is 3.15. The molecule has 0 fully saturated rings. The highest BCUT2D eigenvalue weighted by atomic mass is 19.1. The first-order valence-electron chi connectivity index (χ1n) is 11.4. The molecule has 0 amide bonds. The van der Waals surface area contributed by atoms with Crippen molar-refractivity contribution in [3.8, 4) is 0 Å². The van der Waals surface area contributed by atoms with Gasteiger partial charge in [0.25, 0.3) is 0 Å². The number of halogens is 2. The molecular weight excluding hydrogens is 412 g/mol. The SMILES string of the molecule is C=C(c1c(F)ccc(C)c1F)c1c[nH]c(=C)/c1=C\C(=C/C)c1cccc(C)c1.CCC(C)C. The van der Waals surface area contributed by atoms with Gasteiger partial charge in [0, 0.05) is 22.3 Å². The number of H-pyrrole nitrogens is 1. The Balaban J connectivity index is 0.000000696. The first kappa shape index (κ1) is 26.1. The first-order valence-corrected chi connectivity index (χ1v) is 11.4. The molecule has 1 N–H and O–H groups in total. The number of aryl methyl sites for hydroxylation is 2. The van der Waals surface area contributed by atoms with Crippen molar-refractivity contribution < 1.29 is 8.78 Å². The Morgan fingerprint density at radius 3 is 2.36 bits per heavy atom. The van der Waals surface area contributed by atoms with Crippen molar-refractivity contribution in [2.45, 2.75) is 48.0 Å². The van der Waals surface area contributed by atoms with Crippen LogP contribution in [0.5, 0.6) is 0 Å². The Kier molecular flexibility index (Phi) is 9.16. The second kappa shape index (κ2) is 11.6. The van der Waals surface area contributed by atoms with E-state index in [1.165, 1.54) is 18.6 Å². The quantitative estimate of drug-likeness (QED) is 0.422. The van der Waals surface area contributed by atoms with Gasteiger partial charge in [-0.2, -0.15) is 0 Å². The van der Waals surface area contributed by atoms with E-state index in [2.05, 4.69) is 45.0 Å². The molecule has 0 unspecified atom stereocenters. The van der Waals surface area contributed by atoms with Gasteiger partial charge in [0.05, 0.1) is 5.56 Å². The number of aromatic nitrogens is 1. The summed E-state index contributed by atoms with van der Waals surface area (Å²) in [4.78, 5) is 3.06. The zero-order valence-electron chi connectivity index (χ0n) is 20.7. The predicted octanol–water partition coefficient (Wildman–Crippen LogP) is 7.32. The van der Waals surface area contributed by atoms with E-state index in [1.807, 2.05) is 44.2 Å². The van der Waals surface area contributed by atoms with E-state index in [-0.39, 0.29) is 11.1 Å². The standard InChI is InChI=1S/C25H23F2N.C5H12/c1-6-19(20-9-7-8-15(2)12-20)13-21-18(5)28-14-22(21)17(4)24-23(26)11-10-16(3)25(24)27;1-4-5(2)3/h6-14,28H,4-5H2,1-3H3;5H,4H2,1-3H3/b19-6+,21-13+;. The molecule has 1 heterocycles. The zero-order chi connectivity index (χ0) is 24.7. The van der Waals surface area contributed by atoms with Crippen molar-refractivity contribution in [2.24, 2.45) is 5.92 Å². The molecule has 0 saturated carbocycles. The Bertz CT molecular complexity index is 1260. The van der Waals surface area contributed by atoms with Crippen LogP contribution in [0.3, 0.4) is 0 Å². The molecule has 0 radical (unpaired) electrons. The highest BCUT2D eigenvalue weighted by Gasteiger charge is 2.17. The molecule has 3 heteroatoms. The summed E-state index contributed by atoms with van der Waals surface area (Å²) < 4.78 is 29.0. The maximum absolute atomic E-state index is 14.6. The number of hydrogen-bond acceptors (Lipinski definition) is 0. The van der Waals surface area contributed by atoms with Crippen molar-refractivity contribution in [3.63, 3.8) is 0 Å². The maximum atomic E-state index is 14.6. The highest BCUT2D eigenvalue weighted by Crippen LogP contribution is 2.27. The van der Waals surface area contributed by atoms with Gasteiger partial charge in [-0.15, -0.1) is 0 Å². The third-order valence-electron chi connectivity index (χ3n) is 5.70. The van der Waals surface area contributed by atoms with Crippen LogP contribution in [0.25, 0.3) is 23.8 Å². The van der Waals surface area contributed by atoms with Gasteiger partial charge in [0.1, 0.15) is 11.6 Å². The molecule has 1 aromatic heterocycles. The number of aromatic amines is 1. The van der Waals surface area contributed by atoms with Crippen molar-refractivity contribution >= 4 is 23.8 Å². The van der Waals surface area contributed by atoms with E-state index in [4.69, 9.17) is 0 Å². The smallest absolute Gasteiger partial charge is 0.136 e. The molecule has 0 aliphatic heterocycles. The molecule has 0 saturated heterocycles. The van der Waals surface area contributed by atoms with Gasteiger partial charge in [-0.05, 0) is 61.1 Å². The van der Waals surface area contributed by atoms with Crippen LogP contribution in [0.1, 0.15) is 61.9 Å². The molecule has 0 bridgehead atoms. The molecular formula is C30H35F2N. The summed E-state index contributed by atoms with van der Waals surface area (Å²) in [5.74, 6) is -0.335. The Labute approximate surface area is 196 Å². The molecule has 2 aromatic carbocycles. The van der Waals surface area contributed by atoms with Gasteiger partial charge >= 0.3 is 0 Å². The first-order chi connectivity index (χ1) is 15.6. The normalized spacial score (nSPS) is 12.0. The molecule has 174 valence electrons. The molecule has 1 nitrogen and oxygen atoms in total. The lowest BCUT2D eigenvalue weighted by Gasteiger charge is -2.10. The van der Waals surface area contributed by atoms with Crippen LogP contribution in [0.2, 0.25) is 0 Å². The van der Waals surface area contributed by atoms with Crippen LogP contribution >= 0.6 is 0 Å². The summed E-state index contributed by atoms with van der Waals surface area (Å²) in [7, 11) is 0. The minimum absolute atomic E-state index is 0.105. The van der Waals surface area contributed by atoms with Crippen molar-refractivity contribution in [3.05, 3.63) is 105 Å². The Morgan fingerprint density at radius 1 is 1.12 bits per heavy atom. The van der Waals surface area contributed by atoms with Crippen LogP contribution in [0.15, 0.2) is 55.3 Å². The summed E-state index contributed by atoms with van der Waals surface area (Å²) in [5.41, 5.74) is 4.40. The second-order valence-electron chi connectivity index (χ2n) is 8.69. The molecule has 0 atom stereocenters. The van der Waals surface area contributed by atoms with Crippen LogP contribution < -0.4 is 10.6 Å². The monoisotopic (exact) mass is 447 g/mol. The van der Waals surface area contributed by atoms with Crippen molar-refractivity contribution in [1.82, 2.24) is 4.98 Å². The second-order valence-corrected chi connectivity index (χ2v) is 8.69. The average molecular weight is 448 g/mol. The number of rotatable bonds is 5. The van der Waals surface area contributed by atoms with Gasteiger partial charge in [-0.25, -0.2) is 8.78 Å². The minimum Gasteiger partial charge on any atom is -0.361 e. The van der Waals surface area contributed by atoms with Crippen molar-refractivity contribution in [2.75, 3.05) is 0 Å². The van der Waals surface area contributed by atoms with Gasteiger partial charge in [-0.1, -0.05) is 82.3 Å². The fourth-order valence-corrected chi connectivity index (χ4v) is 3.27. The summed E-state index contributed by atoms with van der Waals surface area (Å²) in [5, 5.41) is 1.43. The van der Waals surface area contributed by atoms with Crippen molar-refractivity contribution in [1.29, 1.82) is 0 Å². The van der Waals surface area contributed by atoms with Crippen LogP contribution in [0, 0.1) is 31.4 Å². The highest BCUT2D eigenvalue weighted by molar-refractivity contribution is 5.90. The Morgan fingerprint density at radius 2 is 1.79 bits per heavy atom. The lowest BCUT2D eigenvalue weighted by Crippen LogP contribution is -2.23. The fourth-order valence-electron chi connectivity index (χ4n) is 3.27. The zero-order valence-corrected chi connectivity index (χ0v) is 20.7. The minimum atomic E-state index is -0.629. The van der Waals surface area contributed by atoms with E-state index < -0.39 is 11.6 Å². The molecule has 0 aliphatic rings. The van der Waals surface area contributed by atoms with Gasteiger partial charge in [-0.3, -0.25) is 0 Å². The molecule has 33 heavy (non-hydrogen) atoms. The van der Waals surface area contributed by atoms with E-state index >= 15 is 0 Å². The summed E-state index contributed by atoms with van der Waals surface area (Å²) in [6, 6.07) is 10.9. The number of allylic oxidation sites excluding steroid dienone is 2. The third kappa shape index (κ3) is 6.41. The molecule has 0 spiro atoms. The van der Waals surface area contributed by atoms with Gasteiger partial charge < -0.3 is 4.98 Å². The van der Waals surface area contributed by atoms with Crippen LogP contribution in [0.4, 0.5) is 8.78 Å². The third-order valence-corrected chi connectivity index (χ3v) is 5.70. The van der Waals surface area contributed by atoms with E-state index in [9.17, 15) is 8.78 Å². The maximum Gasteiger partial charge on any atom is 0.136 e. The van der Waals surface area contributed by atoms with E-state index in [0.717, 1.165) is 27.8 Å². The van der Waals surface area contributed by atoms with Crippen LogP contribution in [-0.4, -0.2) is 4.98 Å². The number of hydrogen-bond donors (Lipinski definition) is 1.